The average molecular weight is 307 g/mol. The predicted molar refractivity (Wildman–Crippen MR) is 88.7 cm³/mol. The minimum Gasteiger partial charge on any atom is -0.518 e. The predicted octanol–water partition coefficient (Wildman–Crippen LogP) is 3.52. The van der Waals surface area contributed by atoms with Crippen LogP contribution in [0.1, 0.15) is 19.4 Å². The van der Waals surface area contributed by atoms with E-state index in [1.807, 2.05) is 57.8 Å². The van der Waals surface area contributed by atoms with Gasteiger partial charge in [0.1, 0.15) is 11.8 Å². The number of carbonyl (C=O) groups is 1. The van der Waals surface area contributed by atoms with Gasteiger partial charge in [0.15, 0.2) is 0 Å². The molecule has 0 heterocycles. The van der Waals surface area contributed by atoms with Crippen LogP contribution in [0.4, 0.5) is 0 Å². The van der Waals surface area contributed by atoms with Crippen LogP contribution in [0.25, 0.3) is 0 Å². The number of carbonyl (C=O) groups excluding carboxylic acids is 1. The number of hydrogen-bond donors (Lipinski definition) is 0. The molecular weight excluding hydrogens is 282 g/mol. The second-order valence-corrected chi connectivity index (χ2v) is 10.7. The molecule has 1 aromatic carbocycles. The van der Waals surface area contributed by atoms with Crippen LogP contribution in [0.15, 0.2) is 29.3 Å². The van der Waals surface area contributed by atoms with Crippen molar-refractivity contribution in [2.24, 2.45) is 10.9 Å². The first kappa shape index (κ1) is 17.4. The molecule has 0 fully saturated rings. The summed E-state index contributed by atoms with van der Waals surface area (Å²) in [6.07, 6.45) is 1.69. The van der Waals surface area contributed by atoms with Crippen LogP contribution in [0.3, 0.4) is 0 Å². The fourth-order valence-corrected chi connectivity index (χ4v) is 2.53. The van der Waals surface area contributed by atoms with E-state index in [1.54, 1.807) is 13.3 Å². The Morgan fingerprint density at radius 1 is 1.24 bits per heavy atom. The number of methoxy groups -OCH3 is 1. The van der Waals surface area contributed by atoms with Crippen molar-refractivity contribution >= 4 is 20.5 Å². The lowest BCUT2D eigenvalue weighted by Crippen LogP contribution is -2.36. The lowest BCUT2D eigenvalue weighted by Gasteiger charge is -2.22. The van der Waals surface area contributed by atoms with Gasteiger partial charge >= 0.3 is 5.97 Å². The Balaban J connectivity index is 2.93. The highest BCUT2D eigenvalue weighted by atomic mass is 28.4. The number of benzene rings is 1. The van der Waals surface area contributed by atoms with E-state index in [1.165, 1.54) is 0 Å². The molecule has 1 aromatic rings. The Hall–Kier alpha value is -1.62. The third-order valence-corrected chi connectivity index (χ3v) is 3.61. The van der Waals surface area contributed by atoms with Crippen LogP contribution >= 0.6 is 0 Å². The lowest BCUT2D eigenvalue weighted by molar-refractivity contribution is -0.137. The van der Waals surface area contributed by atoms with E-state index >= 15 is 0 Å². The van der Waals surface area contributed by atoms with E-state index in [0.29, 0.717) is 0 Å². The number of aliphatic imine (C=N–C) groups is 1. The largest absolute Gasteiger partial charge is 0.518 e. The normalized spacial score (nSPS) is 13.5. The van der Waals surface area contributed by atoms with Crippen molar-refractivity contribution in [3.05, 3.63) is 29.8 Å². The second-order valence-electron chi connectivity index (χ2n) is 6.24. The number of nitrogens with zero attached hydrogens (tertiary/aromatic N) is 1. The van der Waals surface area contributed by atoms with Gasteiger partial charge in [0.25, 0.3) is 0 Å². The van der Waals surface area contributed by atoms with Crippen LogP contribution in [-0.4, -0.2) is 33.7 Å². The zero-order valence-electron chi connectivity index (χ0n) is 13.7. The fraction of sp³-hybridized carbons (Fsp3) is 0.500. The number of hydrogen-bond acceptors (Lipinski definition) is 4. The molecule has 5 heteroatoms. The maximum Gasteiger partial charge on any atom is 0.317 e. The van der Waals surface area contributed by atoms with Crippen molar-refractivity contribution in [3.63, 3.8) is 0 Å². The van der Waals surface area contributed by atoms with Crippen molar-refractivity contribution in [3.8, 4) is 5.75 Å². The summed E-state index contributed by atoms with van der Waals surface area (Å²) < 4.78 is 10.8. The van der Waals surface area contributed by atoms with Crippen LogP contribution < -0.4 is 4.74 Å². The van der Waals surface area contributed by atoms with Gasteiger partial charge in [-0.15, -0.1) is 0 Å². The Morgan fingerprint density at radius 2 is 1.86 bits per heavy atom. The molecule has 0 saturated heterocycles. The highest BCUT2D eigenvalue weighted by Gasteiger charge is 2.28. The zero-order chi connectivity index (χ0) is 16.0. The summed E-state index contributed by atoms with van der Waals surface area (Å²) >= 11 is 0. The van der Waals surface area contributed by atoms with Gasteiger partial charge < -0.3 is 9.16 Å². The SMILES string of the molecule is COc1ccccc1C=NC(C(=O)O[Si](C)(C)C)C(C)C. The maximum atomic E-state index is 12.2. The van der Waals surface area contributed by atoms with Gasteiger partial charge in [0, 0.05) is 11.8 Å². The van der Waals surface area contributed by atoms with Gasteiger partial charge in [-0.1, -0.05) is 26.0 Å². The topological polar surface area (TPSA) is 47.9 Å². The van der Waals surface area contributed by atoms with Gasteiger partial charge in [0.05, 0.1) is 7.11 Å². The molecule has 0 bridgehead atoms. The van der Waals surface area contributed by atoms with Crippen molar-refractivity contribution < 1.29 is 14.0 Å². The number of rotatable bonds is 6. The lowest BCUT2D eigenvalue weighted by atomic mass is 10.1. The number of ether oxygens (including phenoxy) is 1. The third-order valence-electron chi connectivity index (χ3n) is 2.79. The van der Waals surface area contributed by atoms with Gasteiger partial charge in [-0.3, -0.25) is 9.79 Å². The van der Waals surface area contributed by atoms with E-state index < -0.39 is 14.4 Å². The van der Waals surface area contributed by atoms with Crippen LogP contribution in [0, 0.1) is 5.92 Å². The molecule has 0 aliphatic rings. The Labute approximate surface area is 128 Å². The average Bonchev–Trinajstić information content (AvgIpc) is 2.36. The van der Waals surface area contributed by atoms with Crippen molar-refractivity contribution in [1.82, 2.24) is 0 Å². The monoisotopic (exact) mass is 307 g/mol. The second kappa shape index (κ2) is 7.40. The molecule has 21 heavy (non-hydrogen) atoms. The fourth-order valence-electron chi connectivity index (χ4n) is 1.80. The molecule has 0 aliphatic carbocycles. The molecule has 0 radical (unpaired) electrons. The first-order valence-electron chi connectivity index (χ1n) is 7.13. The Morgan fingerprint density at radius 3 is 2.38 bits per heavy atom. The van der Waals surface area contributed by atoms with Crippen molar-refractivity contribution in [2.45, 2.75) is 39.5 Å². The molecule has 0 N–H and O–H groups in total. The molecule has 0 spiro atoms. The van der Waals surface area contributed by atoms with Crippen molar-refractivity contribution in [2.75, 3.05) is 7.11 Å². The smallest absolute Gasteiger partial charge is 0.317 e. The summed E-state index contributed by atoms with van der Waals surface area (Å²) in [6, 6.07) is 7.10. The summed E-state index contributed by atoms with van der Waals surface area (Å²) in [5.41, 5.74) is 0.853. The first-order chi connectivity index (χ1) is 9.74. The Bertz CT molecular complexity index is 506. The number of para-hydroxylation sites is 1. The molecule has 0 saturated carbocycles. The summed E-state index contributed by atoms with van der Waals surface area (Å²) in [5.74, 6) is 0.581. The summed E-state index contributed by atoms with van der Waals surface area (Å²) in [6.45, 7) is 9.91. The van der Waals surface area contributed by atoms with E-state index in [2.05, 4.69) is 4.99 Å². The van der Waals surface area contributed by atoms with Crippen LogP contribution in [-0.2, 0) is 9.22 Å². The minimum atomic E-state index is -1.90. The van der Waals surface area contributed by atoms with Crippen LogP contribution in [0.5, 0.6) is 5.75 Å². The third kappa shape index (κ3) is 5.71. The highest BCUT2D eigenvalue weighted by molar-refractivity contribution is 6.71. The minimum absolute atomic E-state index is 0.0832. The van der Waals surface area contributed by atoms with Gasteiger partial charge in [0.2, 0.25) is 8.32 Å². The van der Waals surface area contributed by atoms with Gasteiger partial charge in [-0.25, -0.2) is 0 Å². The molecule has 0 amide bonds. The maximum absolute atomic E-state index is 12.2. The molecule has 4 nitrogen and oxygen atoms in total. The summed E-state index contributed by atoms with van der Waals surface area (Å²) in [7, 11) is -0.286. The quantitative estimate of drug-likeness (QED) is 0.597. The van der Waals surface area contributed by atoms with Gasteiger partial charge in [-0.2, -0.15) is 0 Å². The van der Waals surface area contributed by atoms with E-state index in [-0.39, 0.29) is 11.9 Å². The molecule has 0 aliphatic heterocycles. The van der Waals surface area contributed by atoms with Crippen LogP contribution in [0.2, 0.25) is 19.6 Å². The molecule has 116 valence electrons. The van der Waals surface area contributed by atoms with Crippen molar-refractivity contribution in [1.29, 1.82) is 0 Å². The standard InChI is InChI=1S/C16H25NO3Si/c1-12(2)15(16(18)20-21(4,5)6)17-11-13-9-7-8-10-14(13)19-3/h7-12,15H,1-6H3. The molecular formula is C16H25NO3Si. The zero-order valence-corrected chi connectivity index (χ0v) is 14.7. The molecule has 1 rings (SSSR count). The van der Waals surface area contributed by atoms with Gasteiger partial charge in [-0.05, 0) is 37.7 Å². The first-order valence-corrected chi connectivity index (χ1v) is 10.5. The Kier molecular flexibility index (Phi) is 6.14. The molecule has 0 aromatic heterocycles. The van der Waals surface area contributed by atoms with E-state index in [4.69, 9.17) is 9.16 Å². The molecule has 1 atom stereocenters. The van der Waals surface area contributed by atoms with E-state index in [9.17, 15) is 4.79 Å². The highest BCUT2D eigenvalue weighted by Crippen LogP contribution is 2.17. The summed E-state index contributed by atoms with van der Waals surface area (Å²) in [5, 5.41) is 0. The van der Waals surface area contributed by atoms with E-state index in [0.717, 1.165) is 11.3 Å². The summed E-state index contributed by atoms with van der Waals surface area (Å²) in [4.78, 5) is 16.7. The molecule has 1 unspecified atom stereocenters.